The van der Waals surface area contributed by atoms with Crippen molar-refractivity contribution in [3.8, 4) is 5.69 Å². The van der Waals surface area contributed by atoms with Gasteiger partial charge in [-0.15, -0.1) is 0 Å². The Morgan fingerprint density at radius 2 is 2.26 bits per heavy atom. The lowest BCUT2D eigenvalue weighted by Crippen LogP contribution is -2.02. The van der Waals surface area contributed by atoms with Crippen LogP contribution < -0.4 is 5.32 Å². The molecule has 1 aromatic carbocycles. The van der Waals surface area contributed by atoms with Crippen LogP contribution in [0.2, 0.25) is 0 Å². The van der Waals surface area contributed by atoms with E-state index in [9.17, 15) is 4.39 Å². The highest BCUT2D eigenvalue weighted by atomic mass is 19.1. The minimum atomic E-state index is -0.381. The van der Waals surface area contributed by atoms with E-state index in [2.05, 4.69) is 20.4 Å². The van der Waals surface area contributed by atoms with E-state index in [1.807, 2.05) is 0 Å². The van der Waals surface area contributed by atoms with Crippen LogP contribution in [0, 0.1) is 5.82 Å². The van der Waals surface area contributed by atoms with E-state index in [0.717, 1.165) is 0 Å². The van der Waals surface area contributed by atoms with E-state index >= 15 is 0 Å². The van der Waals surface area contributed by atoms with Crippen LogP contribution in [0.15, 0.2) is 47.9 Å². The minimum absolute atomic E-state index is 0.350. The van der Waals surface area contributed by atoms with Crippen molar-refractivity contribution < 1.29 is 8.81 Å². The normalized spacial score (nSPS) is 10.6. The summed E-state index contributed by atoms with van der Waals surface area (Å²) in [6.07, 6.45) is 5.76. The van der Waals surface area contributed by atoms with Crippen LogP contribution in [0.1, 0.15) is 5.76 Å². The molecule has 6 nitrogen and oxygen atoms in total. The van der Waals surface area contributed by atoms with Crippen molar-refractivity contribution in [1.82, 2.24) is 19.7 Å². The minimum Gasteiger partial charge on any atom is -0.447 e. The maximum Gasteiger partial charge on any atom is 0.180 e. The highest BCUT2D eigenvalue weighted by Crippen LogP contribution is 2.17. The molecule has 96 valence electrons. The molecule has 0 saturated heterocycles. The van der Waals surface area contributed by atoms with Crippen molar-refractivity contribution in [1.29, 1.82) is 0 Å². The van der Waals surface area contributed by atoms with Gasteiger partial charge in [-0.05, 0) is 18.2 Å². The summed E-state index contributed by atoms with van der Waals surface area (Å²) in [5.41, 5.74) is 1.00. The van der Waals surface area contributed by atoms with Crippen molar-refractivity contribution in [3.63, 3.8) is 0 Å². The lowest BCUT2D eigenvalue weighted by molar-refractivity contribution is 0.511. The molecule has 1 N–H and O–H groups in total. The number of hydrogen-bond donors (Lipinski definition) is 1. The molecule has 0 aliphatic heterocycles. The first-order valence-electron chi connectivity index (χ1n) is 5.59. The monoisotopic (exact) mass is 259 g/mol. The van der Waals surface area contributed by atoms with Crippen molar-refractivity contribution in [2.75, 3.05) is 5.32 Å². The van der Waals surface area contributed by atoms with Gasteiger partial charge < -0.3 is 9.73 Å². The second-order valence-corrected chi connectivity index (χ2v) is 3.83. The van der Waals surface area contributed by atoms with Crippen molar-refractivity contribution in [2.24, 2.45) is 0 Å². The molecule has 2 heterocycles. The summed E-state index contributed by atoms with van der Waals surface area (Å²) in [5, 5.41) is 6.93. The third-order valence-corrected chi connectivity index (χ3v) is 2.56. The van der Waals surface area contributed by atoms with Crippen LogP contribution in [-0.4, -0.2) is 19.7 Å². The molecule has 0 atom stereocenters. The number of hydrogen-bond acceptors (Lipinski definition) is 5. The van der Waals surface area contributed by atoms with Gasteiger partial charge in [-0.2, -0.15) is 5.10 Å². The standard InChI is InChI=1S/C12H10FN5O/c13-11-3-9(16-5-10-4-14-8-19-10)1-2-12(11)18-7-15-6-17-18/h1-4,6-8,16H,5H2. The summed E-state index contributed by atoms with van der Waals surface area (Å²) >= 11 is 0. The number of benzene rings is 1. The van der Waals surface area contributed by atoms with Crippen LogP contribution in [-0.2, 0) is 6.54 Å². The molecule has 0 fully saturated rings. The fourth-order valence-electron chi connectivity index (χ4n) is 1.65. The molecule has 2 aromatic heterocycles. The smallest absolute Gasteiger partial charge is 0.180 e. The van der Waals surface area contributed by atoms with Crippen molar-refractivity contribution in [2.45, 2.75) is 6.54 Å². The van der Waals surface area contributed by atoms with E-state index < -0.39 is 0 Å². The van der Waals surface area contributed by atoms with Gasteiger partial charge in [0, 0.05) is 5.69 Å². The van der Waals surface area contributed by atoms with E-state index in [1.165, 1.54) is 29.8 Å². The zero-order valence-electron chi connectivity index (χ0n) is 9.82. The highest BCUT2D eigenvalue weighted by molar-refractivity contribution is 5.49. The average molecular weight is 259 g/mol. The molecule has 3 aromatic rings. The van der Waals surface area contributed by atoms with Crippen LogP contribution in [0.3, 0.4) is 0 Å². The second kappa shape index (κ2) is 4.89. The number of rotatable bonds is 4. The van der Waals surface area contributed by atoms with Crippen LogP contribution in [0.25, 0.3) is 5.69 Å². The predicted molar refractivity (Wildman–Crippen MR) is 65.1 cm³/mol. The predicted octanol–water partition coefficient (Wildman–Crippen LogP) is 2.01. The maximum absolute atomic E-state index is 13.9. The fraction of sp³-hybridized carbons (Fsp3) is 0.0833. The molecule has 0 amide bonds. The zero-order valence-corrected chi connectivity index (χ0v) is 9.82. The van der Waals surface area contributed by atoms with E-state index in [0.29, 0.717) is 23.7 Å². The van der Waals surface area contributed by atoms with Crippen LogP contribution in [0.5, 0.6) is 0 Å². The summed E-state index contributed by atoms with van der Waals surface area (Å²) < 4.78 is 20.4. The van der Waals surface area contributed by atoms with Crippen molar-refractivity contribution in [3.05, 3.63) is 55.0 Å². The lowest BCUT2D eigenvalue weighted by atomic mass is 10.2. The Kier molecular flexibility index (Phi) is 2.93. The summed E-state index contributed by atoms with van der Waals surface area (Å²) in [6, 6.07) is 4.79. The number of halogens is 1. The number of nitrogens with one attached hydrogen (secondary N) is 1. The Labute approximate surface area is 107 Å². The average Bonchev–Trinajstić information content (AvgIpc) is 3.10. The Morgan fingerprint density at radius 3 is 2.95 bits per heavy atom. The van der Waals surface area contributed by atoms with Gasteiger partial charge in [-0.25, -0.2) is 19.0 Å². The SMILES string of the molecule is Fc1cc(NCc2cnco2)ccc1-n1cncn1. The molecular formula is C12H10FN5O. The zero-order chi connectivity index (χ0) is 13.1. The lowest BCUT2D eigenvalue weighted by Gasteiger charge is -2.07. The first-order chi connectivity index (χ1) is 9.33. The van der Waals surface area contributed by atoms with Gasteiger partial charge in [0.2, 0.25) is 0 Å². The van der Waals surface area contributed by atoms with Gasteiger partial charge in [0.15, 0.2) is 12.2 Å². The number of anilines is 1. The van der Waals surface area contributed by atoms with Crippen LogP contribution >= 0.6 is 0 Å². The third kappa shape index (κ3) is 2.44. The molecule has 0 spiro atoms. The van der Waals surface area contributed by atoms with Gasteiger partial charge in [-0.1, -0.05) is 0 Å². The molecule has 7 heteroatoms. The molecular weight excluding hydrogens is 249 g/mol. The van der Waals surface area contributed by atoms with Crippen LogP contribution in [0.4, 0.5) is 10.1 Å². The Hall–Kier alpha value is -2.70. The number of nitrogens with zero attached hydrogens (tertiary/aromatic N) is 4. The van der Waals surface area contributed by atoms with Gasteiger partial charge in [0.05, 0.1) is 12.7 Å². The molecule has 0 unspecified atom stereocenters. The van der Waals surface area contributed by atoms with Gasteiger partial charge in [0.1, 0.15) is 24.1 Å². The quantitative estimate of drug-likeness (QED) is 0.776. The highest BCUT2D eigenvalue weighted by Gasteiger charge is 2.06. The van der Waals surface area contributed by atoms with Crippen molar-refractivity contribution >= 4 is 5.69 Å². The first-order valence-corrected chi connectivity index (χ1v) is 5.59. The van der Waals surface area contributed by atoms with E-state index in [1.54, 1.807) is 18.3 Å². The summed E-state index contributed by atoms with van der Waals surface area (Å²) in [4.78, 5) is 7.58. The molecule has 19 heavy (non-hydrogen) atoms. The molecule has 3 rings (SSSR count). The number of aromatic nitrogens is 4. The molecule has 0 radical (unpaired) electrons. The first kappa shape index (κ1) is 11.4. The largest absolute Gasteiger partial charge is 0.447 e. The fourth-order valence-corrected chi connectivity index (χ4v) is 1.65. The summed E-state index contributed by atoms with van der Waals surface area (Å²) in [5.74, 6) is 0.300. The van der Waals surface area contributed by atoms with Gasteiger partial charge in [-0.3, -0.25) is 0 Å². The third-order valence-electron chi connectivity index (χ3n) is 2.56. The summed E-state index contributed by atoms with van der Waals surface area (Å²) in [7, 11) is 0. The van der Waals surface area contributed by atoms with E-state index in [-0.39, 0.29) is 5.82 Å². The summed E-state index contributed by atoms with van der Waals surface area (Å²) in [6.45, 7) is 0.447. The Morgan fingerprint density at radius 1 is 1.32 bits per heavy atom. The molecule has 0 bridgehead atoms. The molecule has 0 aliphatic carbocycles. The second-order valence-electron chi connectivity index (χ2n) is 3.83. The molecule has 0 saturated carbocycles. The Balaban J connectivity index is 1.76. The Bertz CT molecular complexity index is 651. The van der Waals surface area contributed by atoms with E-state index in [4.69, 9.17) is 4.42 Å². The molecule has 0 aliphatic rings. The van der Waals surface area contributed by atoms with Gasteiger partial charge >= 0.3 is 0 Å². The maximum atomic E-state index is 13.9. The topological polar surface area (TPSA) is 68.8 Å². The van der Waals surface area contributed by atoms with Gasteiger partial charge in [0.25, 0.3) is 0 Å². The number of oxazole rings is 1.